The highest BCUT2D eigenvalue weighted by Gasteiger charge is 2.31. The zero-order valence-corrected chi connectivity index (χ0v) is 20.2. The van der Waals surface area contributed by atoms with Gasteiger partial charge in [-0.2, -0.15) is 0 Å². The molecule has 0 atom stereocenters. The number of esters is 2. The van der Waals surface area contributed by atoms with Crippen molar-refractivity contribution in [2.24, 2.45) is 0 Å². The minimum atomic E-state index is -0.704. The summed E-state index contributed by atoms with van der Waals surface area (Å²) in [6.07, 6.45) is 0. The van der Waals surface area contributed by atoms with E-state index in [9.17, 15) is 14.4 Å². The summed E-state index contributed by atoms with van der Waals surface area (Å²) in [7, 11) is 6.70. The average Bonchev–Trinajstić information content (AvgIpc) is 2.82. The van der Waals surface area contributed by atoms with Crippen molar-refractivity contribution in [3.8, 4) is 51.6 Å². The molecule has 186 valence electrons. The fourth-order valence-electron chi connectivity index (χ4n) is 3.53. The molecule has 3 rings (SSSR count). The van der Waals surface area contributed by atoms with Crippen LogP contribution in [0, 0.1) is 0 Å². The third-order valence-corrected chi connectivity index (χ3v) is 4.86. The third kappa shape index (κ3) is 4.52. The van der Waals surface area contributed by atoms with Crippen molar-refractivity contribution < 1.29 is 47.2 Å². The second-order valence-corrected chi connectivity index (χ2v) is 6.98. The molecular weight excluding hydrogens is 464 g/mol. The molecule has 2 aromatic carbocycles. The largest absolute Gasteiger partial charge is 0.493 e. The van der Waals surface area contributed by atoms with Crippen molar-refractivity contribution in [3.05, 3.63) is 28.4 Å². The molecule has 0 saturated heterocycles. The summed E-state index contributed by atoms with van der Waals surface area (Å²) in [5.74, 6) is -1.22. The number of methoxy groups -OCH3 is 5. The first-order valence-electron chi connectivity index (χ1n) is 10.1. The molecule has 3 aromatic rings. The maximum atomic E-state index is 13.6. The lowest BCUT2D eigenvalue weighted by Crippen LogP contribution is -2.13. The minimum Gasteiger partial charge on any atom is -0.493 e. The Morgan fingerprint density at radius 3 is 1.77 bits per heavy atom. The number of ether oxygens (including phenoxy) is 7. The molecule has 0 unspecified atom stereocenters. The fourth-order valence-corrected chi connectivity index (χ4v) is 3.53. The lowest BCUT2D eigenvalue weighted by molar-refractivity contribution is -0.132. The molecule has 0 saturated carbocycles. The lowest BCUT2D eigenvalue weighted by atomic mass is 10.1. The molecule has 0 aliphatic rings. The summed E-state index contributed by atoms with van der Waals surface area (Å²) in [5.41, 5.74) is -0.382. The fraction of sp³-hybridized carbons (Fsp3) is 0.292. The molecular formula is C24H24O11. The Hall–Kier alpha value is -4.41. The van der Waals surface area contributed by atoms with Gasteiger partial charge >= 0.3 is 11.9 Å². The molecule has 0 aliphatic heterocycles. The van der Waals surface area contributed by atoms with E-state index in [-0.39, 0.29) is 57.0 Å². The van der Waals surface area contributed by atoms with Crippen molar-refractivity contribution in [2.75, 3.05) is 35.5 Å². The summed E-state index contributed by atoms with van der Waals surface area (Å²) in [4.78, 5) is 36.9. The van der Waals surface area contributed by atoms with Crippen LogP contribution in [-0.2, 0) is 9.59 Å². The molecule has 0 N–H and O–H groups in total. The third-order valence-electron chi connectivity index (χ3n) is 4.86. The quantitative estimate of drug-likeness (QED) is 0.342. The average molecular weight is 488 g/mol. The molecule has 35 heavy (non-hydrogen) atoms. The molecule has 0 spiro atoms. The van der Waals surface area contributed by atoms with E-state index in [1.165, 1.54) is 61.5 Å². The normalized spacial score (nSPS) is 10.5. The Labute approximate surface area is 200 Å². The van der Waals surface area contributed by atoms with E-state index in [1.807, 2.05) is 0 Å². The number of rotatable bonds is 8. The van der Waals surface area contributed by atoms with Gasteiger partial charge in [-0.15, -0.1) is 0 Å². The first kappa shape index (κ1) is 25.2. The molecule has 0 radical (unpaired) electrons. The number of hydrogen-bond acceptors (Lipinski definition) is 11. The van der Waals surface area contributed by atoms with Gasteiger partial charge in [0.2, 0.25) is 28.4 Å². The Morgan fingerprint density at radius 2 is 1.26 bits per heavy atom. The zero-order chi connectivity index (χ0) is 25.9. The van der Waals surface area contributed by atoms with Gasteiger partial charge in [0.25, 0.3) is 0 Å². The Kier molecular flexibility index (Phi) is 7.38. The van der Waals surface area contributed by atoms with Crippen molar-refractivity contribution in [2.45, 2.75) is 13.8 Å². The summed E-state index contributed by atoms with van der Waals surface area (Å²) >= 11 is 0. The molecule has 1 heterocycles. The summed E-state index contributed by atoms with van der Waals surface area (Å²) < 4.78 is 43.5. The predicted molar refractivity (Wildman–Crippen MR) is 123 cm³/mol. The van der Waals surface area contributed by atoms with E-state index in [2.05, 4.69) is 0 Å². The maximum absolute atomic E-state index is 13.6. The lowest BCUT2D eigenvalue weighted by Gasteiger charge is -2.19. The number of carbonyl (C=O) groups excluding carboxylic acids is 2. The van der Waals surface area contributed by atoms with Crippen molar-refractivity contribution >= 4 is 22.9 Å². The van der Waals surface area contributed by atoms with Crippen LogP contribution >= 0.6 is 0 Å². The number of fused-ring (bicyclic) bond motifs is 1. The highest BCUT2D eigenvalue weighted by atomic mass is 16.6. The highest BCUT2D eigenvalue weighted by Crippen LogP contribution is 2.51. The molecule has 0 amide bonds. The van der Waals surface area contributed by atoms with Crippen LogP contribution in [-0.4, -0.2) is 47.5 Å². The molecule has 11 nitrogen and oxygen atoms in total. The van der Waals surface area contributed by atoms with E-state index >= 15 is 0 Å². The molecule has 0 bridgehead atoms. The van der Waals surface area contributed by atoms with Gasteiger partial charge < -0.3 is 37.6 Å². The first-order chi connectivity index (χ1) is 16.7. The Bertz CT molecular complexity index is 1350. The molecule has 0 fully saturated rings. The van der Waals surface area contributed by atoms with Crippen LogP contribution in [0.1, 0.15) is 13.8 Å². The van der Waals surface area contributed by atoms with E-state index in [1.54, 1.807) is 6.07 Å². The van der Waals surface area contributed by atoms with Crippen molar-refractivity contribution in [1.29, 1.82) is 0 Å². The maximum Gasteiger partial charge on any atom is 0.308 e. The van der Waals surface area contributed by atoms with Crippen LogP contribution in [0.15, 0.2) is 27.4 Å². The van der Waals surface area contributed by atoms with Gasteiger partial charge in [0.05, 0.1) is 35.5 Å². The predicted octanol–water partition coefficient (Wildman–Crippen LogP) is 3.35. The highest BCUT2D eigenvalue weighted by molar-refractivity contribution is 5.98. The second kappa shape index (κ2) is 10.2. The van der Waals surface area contributed by atoms with Crippen LogP contribution in [0.3, 0.4) is 0 Å². The number of hydrogen-bond donors (Lipinski definition) is 0. The van der Waals surface area contributed by atoms with Crippen LogP contribution in [0.4, 0.5) is 0 Å². The zero-order valence-electron chi connectivity index (χ0n) is 20.2. The monoisotopic (exact) mass is 488 g/mol. The first-order valence-corrected chi connectivity index (χ1v) is 10.1. The SMILES string of the molecule is COc1cc(-c2oc3c(OC)c(OC)c(OC)c(OC(C)=O)c3c(=O)c2OC)ccc1OC(C)=O. The smallest absolute Gasteiger partial charge is 0.308 e. The number of benzene rings is 2. The van der Waals surface area contributed by atoms with Gasteiger partial charge in [0.15, 0.2) is 28.6 Å². The molecule has 11 heteroatoms. The summed E-state index contributed by atoms with van der Waals surface area (Å²) in [6, 6.07) is 4.54. The second-order valence-electron chi connectivity index (χ2n) is 6.98. The van der Waals surface area contributed by atoms with Crippen molar-refractivity contribution in [3.63, 3.8) is 0 Å². The Morgan fingerprint density at radius 1 is 0.686 bits per heavy atom. The van der Waals surface area contributed by atoms with Gasteiger partial charge in [-0.3, -0.25) is 14.4 Å². The Balaban J connectivity index is 2.47. The van der Waals surface area contributed by atoms with Gasteiger partial charge in [-0.05, 0) is 18.2 Å². The topological polar surface area (TPSA) is 129 Å². The van der Waals surface area contributed by atoms with Crippen LogP contribution in [0.5, 0.6) is 40.2 Å². The van der Waals surface area contributed by atoms with E-state index < -0.39 is 17.4 Å². The number of carbonyl (C=O) groups is 2. The summed E-state index contributed by atoms with van der Waals surface area (Å²) in [6.45, 7) is 2.43. The van der Waals surface area contributed by atoms with E-state index in [4.69, 9.17) is 37.6 Å². The van der Waals surface area contributed by atoms with Crippen molar-refractivity contribution in [1.82, 2.24) is 0 Å². The summed E-state index contributed by atoms with van der Waals surface area (Å²) in [5, 5.41) is -0.154. The van der Waals surface area contributed by atoms with Gasteiger partial charge in [0, 0.05) is 19.4 Å². The van der Waals surface area contributed by atoms with Crippen LogP contribution in [0.25, 0.3) is 22.3 Å². The van der Waals surface area contributed by atoms with E-state index in [0.717, 1.165) is 0 Å². The molecule has 1 aromatic heterocycles. The molecule has 0 aliphatic carbocycles. The minimum absolute atomic E-state index is 0.0111. The van der Waals surface area contributed by atoms with Gasteiger partial charge in [-0.1, -0.05) is 0 Å². The van der Waals surface area contributed by atoms with Gasteiger partial charge in [-0.25, -0.2) is 0 Å². The van der Waals surface area contributed by atoms with E-state index in [0.29, 0.717) is 5.56 Å². The van der Waals surface area contributed by atoms with Gasteiger partial charge in [0.1, 0.15) is 5.39 Å². The van der Waals surface area contributed by atoms with Crippen LogP contribution in [0.2, 0.25) is 0 Å². The standard InChI is InChI=1S/C24H24O11/c1-11(25)33-14-9-8-13(10-15(14)28-3)18-21(29-4)17(27)16-19(34-12(2)26)22(30-5)24(32-7)23(31-6)20(16)35-18/h8-10H,1-7H3. The van der Waals surface area contributed by atoms with Crippen LogP contribution < -0.4 is 38.6 Å².